The van der Waals surface area contributed by atoms with Crippen molar-refractivity contribution in [2.45, 2.75) is 32.2 Å². The molecule has 1 saturated heterocycles. The number of epoxide rings is 1. The highest BCUT2D eigenvalue weighted by molar-refractivity contribution is 5.23. The third-order valence-corrected chi connectivity index (χ3v) is 2.56. The van der Waals surface area contributed by atoms with Crippen molar-refractivity contribution in [3.05, 3.63) is 30.3 Å². The summed E-state index contributed by atoms with van der Waals surface area (Å²) in [6, 6.07) is 9.74. The van der Waals surface area contributed by atoms with Crippen LogP contribution in [0.15, 0.2) is 30.3 Å². The summed E-state index contributed by atoms with van der Waals surface area (Å²) in [7, 11) is 0. The summed E-state index contributed by atoms with van der Waals surface area (Å²) in [5.41, 5.74) is -0.164. The molecule has 1 atom stereocenters. The molecule has 1 aliphatic rings. The largest absolute Gasteiger partial charge is 0.460 e. The van der Waals surface area contributed by atoms with Gasteiger partial charge in [0.1, 0.15) is 11.4 Å². The van der Waals surface area contributed by atoms with Crippen molar-refractivity contribution in [2.24, 2.45) is 0 Å². The van der Waals surface area contributed by atoms with Crippen LogP contribution in [0.25, 0.3) is 0 Å². The Labute approximate surface area is 78.5 Å². The van der Waals surface area contributed by atoms with E-state index in [-0.39, 0.29) is 5.60 Å². The van der Waals surface area contributed by atoms with Crippen molar-refractivity contribution < 1.29 is 9.47 Å². The molecule has 1 aliphatic heterocycles. The lowest BCUT2D eigenvalue weighted by Crippen LogP contribution is -2.23. The molecule has 0 radical (unpaired) electrons. The molecule has 1 aromatic carbocycles. The van der Waals surface area contributed by atoms with Gasteiger partial charge in [0.15, 0.2) is 0 Å². The first-order valence-corrected chi connectivity index (χ1v) is 4.48. The number of hydrogen-bond acceptors (Lipinski definition) is 2. The van der Waals surface area contributed by atoms with E-state index in [9.17, 15) is 0 Å². The summed E-state index contributed by atoms with van der Waals surface area (Å²) in [5.74, 6) is 0.407. The van der Waals surface area contributed by atoms with Crippen LogP contribution < -0.4 is 4.74 Å². The molecule has 0 saturated carbocycles. The van der Waals surface area contributed by atoms with Gasteiger partial charge in [-0.1, -0.05) is 18.2 Å². The molecule has 1 unspecified atom stereocenters. The summed E-state index contributed by atoms with van der Waals surface area (Å²) in [4.78, 5) is 0. The fourth-order valence-corrected chi connectivity index (χ4v) is 1.32. The third-order valence-electron chi connectivity index (χ3n) is 2.56. The van der Waals surface area contributed by atoms with E-state index in [2.05, 4.69) is 0 Å². The van der Waals surface area contributed by atoms with Gasteiger partial charge in [0.25, 0.3) is 0 Å². The average Bonchev–Trinajstić information content (AvgIpc) is 2.51. The molecule has 0 N–H and O–H groups in total. The Bertz CT molecular complexity index is 305. The number of ether oxygens (including phenoxy) is 2. The van der Waals surface area contributed by atoms with E-state index >= 15 is 0 Å². The van der Waals surface area contributed by atoms with Crippen LogP contribution in [0.1, 0.15) is 20.8 Å². The summed E-state index contributed by atoms with van der Waals surface area (Å²) in [5, 5.41) is 0. The minimum atomic E-state index is -0.450. The quantitative estimate of drug-likeness (QED) is 0.649. The molecular formula is C11H14O2. The van der Waals surface area contributed by atoms with E-state index in [1.54, 1.807) is 0 Å². The van der Waals surface area contributed by atoms with Gasteiger partial charge in [0.2, 0.25) is 5.79 Å². The van der Waals surface area contributed by atoms with E-state index in [1.165, 1.54) is 0 Å². The number of para-hydroxylation sites is 1. The van der Waals surface area contributed by atoms with Crippen LogP contribution in [0.2, 0.25) is 0 Å². The molecule has 0 aliphatic carbocycles. The Hall–Kier alpha value is -1.02. The van der Waals surface area contributed by atoms with Crippen LogP contribution in [-0.2, 0) is 4.74 Å². The van der Waals surface area contributed by atoms with Gasteiger partial charge >= 0.3 is 0 Å². The van der Waals surface area contributed by atoms with Gasteiger partial charge < -0.3 is 9.47 Å². The fourth-order valence-electron chi connectivity index (χ4n) is 1.32. The van der Waals surface area contributed by atoms with E-state index in [0.717, 1.165) is 5.75 Å². The minimum absolute atomic E-state index is 0.164. The standard InChI is InChI=1S/C11H14O2/c1-10(2)11(3,13-10)12-9-7-5-4-6-8-9/h4-8H,1-3H3. The molecule has 1 aromatic rings. The predicted octanol–water partition coefficient (Wildman–Crippen LogP) is 2.59. The molecular weight excluding hydrogens is 164 g/mol. The Morgan fingerprint density at radius 2 is 1.62 bits per heavy atom. The van der Waals surface area contributed by atoms with Gasteiger partial charge in [-0.2, -0.15) is 0 Å². The van der Waals surface area contributed by atoms with Crippen molar-refractivity contribution in [1.29, 1.82) is 0 Å². The first kappa shape index (κ1) is 8.57. The minimum Gasteiger partial charge on any atom is -0.460 e. The van der Waals surface area contributed by atoms with Gasteiger partial charge in [-0.15, -0.1) is 0 Å². The molecule has 70 valence electrons. The summed E-state index contributed by atoms with van der Waals surface area (Å²) >= 11 is 0. The second kappa shape index (κ2) is 2.48. The normalized spacial score (nSPS) is 29.8. The monoisotopic (exact) mass is 178 g/mol. The maximum absolute atomic E-state index is 5.71. The molecule has 0 amide bonds. The van der Waals surface area contributed by atoms with Gasteiger partial charge in [-0.25, -0.2) is 0 Å². The smallest absolute Gasteiger partial charge is 0.237 e. The summed E-state index contributed by atoms with van der Waals surface area (Å²) in [6.45, 7) is 6.01. The zero-order chi connectivity index (χ0) is 9.53. The van der Waals surface area contributed by atoms with E-state index < -0.39 is 5.79 Å². The highest BCUT2D eigenvalue weighted by Crippen LogP contribution is 2.47. The first-order chi connectivity index (χ1) is 6.04. The maximum Gasteiger partial charge on any atom is 0.237 e. The zero-order valence-corrected chi connectivity index (χ0v) is 8.20. The summed E-state index contributed by atoms with van der Waals surface area (Å²) < 4.78 is 11.2. The second-order valence-corrected chi connectivity index (χ2v) is 3.97. The van der Waals surface area contributed by atoms with E-state index in [0.29, 0.717) is 0 Å². The highest BCUT2D eigenvalue weighted by Gasteiger charge is 2.63. The predicted molar refractivity (Wildman–Crippen MR) is 50.6 cm³/mol. The molecule has 13 heavy (non-hydrogen) atoms. The van der Waals surface area contributed by atoms with Crippen LogP contribution in [-0.4, -0.2) is 11.4 Å². The molecule has 0 bridgehead atoms. The highest BCUT2D eigenvalue weighted by atomic mass is 16.8. The van der Waals surface area contributed by atoms with Gasteiger partial charge in [0.05, 0.1) is 0 Å². The fraction of sp³-hybridized carbons (Fsp3) is 0.455. The molecule has 2 nitrogen and oxygen atoms in total. The lowest BCUT2D eigenvalue weighted by molar-refractivity contribution is 0.0803. The molecule has 1 heterocycles. The van der Waals surface area contributed by atoms with Gasteiger partial charge in [-0.05, 0) is 26.0 Å². The SMILES string of the molecule is CC1(C)OC1(C)Oc1ccccc1. The number of rotatable bonds is 2. The van der Waals surface area contributed by atoms with Gasteiger partial charge in [0, 0.05) is 6.92 Å². The Morgan fingerprint density at radius 1 is 1.08 bits per heavy atom. The second-order valence-electron chi connectivity index (χ2n) is 3.97. The molecule has 2 rings (SSSR count). The Balaban J connectivity index is 2.09. The first-order valence-electron chi connectivity index (χ1n) is 4.48. The molecule has 2 heteroatoms. The lowest BCUT2D eigenvalue weighted by Gasteiger charge is -2.11. The van der Waals surface area contributed by atoms with Crippen LogP contribution >= 0.6 is 0 Å². The lowest BCUT2D eigenvalue weighted by atomic mass is 10.1. The van der Waals surface area contributed by atoms with Crippen molar-refractivity contribution in [1.82, 2.24) is 0 Å². The van der Waals surface area contributed by atoms with Gasteiger partial charge in [-0.3, -0.25) is 0 Å². The van der Waals surface area contributed by atoms with Crippen LogP contribution in [0.5, 0.6) is 5.75 Å². The molecule has 0 spiro atoms. The van der Waals surface area contributed by atoms with Crippen molar-refractivity contribution in [3.8, 4) is 5.75 Å². The summed E-state index contributed by atoms with van der Waals surface area (Å²) in [6.07, 6.45) is 0. The number of benzene rings is 1. The average molecular weight is 178 g/mol. The van der Waals surface area contributed by atoms with Crippen molar-refractivity contribution >= 4 is 0 Å². The maximum atomic E-state index is 5.71. The van der Waals surface area contributed by atoms with E-state index in [4.69, 9.17) is 9.47 Å². The topological polar surface area (TPSA) is 21.8 Å². The van der Waals surface area contributed by atoms with Crippen LogP contribution in [0.3, 0.4) is 0 Å². The Kier molecular flexibility index (Phi) is 1.64. The van der Waals surface area contributed by atoms with Crippen LogP contribution in [0, 0.1) is 0 Å². The third kappa shape index (κ3) is 1.42. The molecule has 1 fully saturated rings. The zero-order valence-electron chi connectivity index (χ0n) is 8.20. The molecule has 0 aromatic heterocycles. The van der Waals surface area contributed by atoms with Crippen molar-refractivity contribution in [3.63, 3.8) is 0 Å². The Morgan fingerprint density at radius 3 is 2.08 bits per heavy atom. The van der Waals surface area contributed by atoms with Crippen molar-refractivity contribution in [2.75, 3.05) is 0 Å². The number of hydrogen-bond donors (Lipinski definition) is 0. The van der Waals surface area contributed by atoms with Crippen LogP contribution in [0.4, 0.5) is 0 Å². The van der Waals surface area contributed by atoms with E-state index in [1.807, 2.05) is 51.1 Å².